The van der Waals surface area contributed by atoms with Crippen molar-refractivity contribution in [3.05, 3.63) is 12.7 Å². The zero-order chi connectivity index (χ0) is 16.1. The van der Waals surface area contributed by atoms with Gasteiger partial charge in [-0.2, -0.15) is 13.2 Å². The number of rotatable bonds is 2. The minimum atomic E-state index is -4.83. The lowest BCUT2D eigenvalue weighted by Crippen LogP contribution is -2.39. The van der Waals surface area contributed by atoms with Crippen molar-refractivity contribution in [3.8, 4) is 0 Å². The molecule has 22 heavy (non-hydrogen) atoms. The summed E-state index contributed by atoms with van der Waals surface area (Å²) in [7, 11) is 0. The molecule has 0 unspecified atom stereocenters. The van der Waals surface area contributed by atoms with E-state index in [2.05, 4.69) is 15.0 Å². The van der Waals surface area contributed by atoms with Gasteiger partial charge in [0.05, 0.1) is 12.4 Å². The number of fused-ring (bicyclic) bond motifs is 1. The molecular weight excluding hydrogens is 307 g/mol. The topological polar surface area (TPSA) is 119 Å². The predicted octanol–water partition coefficient (Wildman–Crippen LogP) is -0.0199. The van der Waals surface area contributed by atoms with Crippen LogP contribution in [0.25, 0.3) is 11.2 Å². The van der Waals surface area contributed by atoms with Gasteiger partial charge in [0.2, 0.25) is 0 Å². The first-order chi connectivity index (χ1) is 10.3. The fourth-order valence-electron chi connectivity index (χ4n) is 2.40. The van der Waals surface area contributed by atoms with Crippen LogP contribution < -0.4 is 5.73 Å². The molecule has 0 amide bonds. The predicted molar refractivity (Wildman–Crippen MR) is 66.3 cm³/mol. The molecule has 120 valence electrons. The minimum Gasteiger partial charge on any atom is -0.388 e. The Kier molecular flexibility index (Phi) is 3.42. The molecule has 2 aromatic rings. The summed E-state index contributed by atoms with van der Waals surface area (Å²) in [6.45, 7) is 0. The van der Waals surface area contributed by atoms with Gasteiger partial charge in [-0.15, -0.1) is 0 Å². The Hall–Kier alpha value is -1.98. The van der Waals surface area contributed by atoms with Crippen molar-refractivity contribution >= 4 is 17.0 Å². The molecule has 0 aromatic carbocycles. The van der Waals surface area contributed by atoms with Crippen molar-refractivity contribution in [2.75, 3.05) is 5.73 Å². The first-order valence-corrected chi connectivity index (χ1v) is 6.30. The van der Waals surface area contributed by atoms with Crippen LogP contribution >= 0.6 is 0 Å². The van der Waals surface area contributed by atoms with Crippen molar-refractivity contribution in [2.45, 2.75) is 37.1 Å². The highest BCUT2D eigenvalue weighted by atomic mass is 19.4. The van der Waals surface area contributed by atoms with Gasteiger partial charge in [-0.05, 0) is 0 Å². The average molecular weight is 319 g/mol. The molecule has 1 aliphatic rings. The number of aliphatic hydroxyl groups is 2. The van der Waals surface area contributed by atoms with E-state index in [0.717, 1.165) is 0 Å². The Bertz CT molecular complexity index is 691. The molecule has 4 atom stereocenters. The first-order valence-electron chi connectivity index (χ1n) is 6.30. The van der Waals surface area contributed by atoms with E-state index in [1.165, 1.54) is 17.2 Å². The van der Waals surface area contributed by atoms with Crippen LogP contribution in [0.2, 0.25) is 0 Å². The van der Waals surface area contributed by atoms with Gasteiger partial charge in [0.1, 0.15) is 17.9 Å². The largest absolute Gasteiger partial charge is 0.416 e. The number of halogens is 3. The van der Waals surface area contributed by atoms with Crippen molar-refractivity contribution in [3.63, 3.8) is 0 Å². The van der Waals surface area contributed by atoms with E-state index in [1.807, 2.05) is 0 Å². The molecule has 1 aliphatic heterocycles. The van der Waals surface area contributed by atoms with Gasteiger partial charge in [-0.3, -0.25) is 4.57 Å². The van der Waals surface area contributed by atoms with Crippen LogP contribution in [0.15, 0.2) is 12.7 Å². The highest BCUT2D eigenvalue weighted by Gasteiger charge is 2.50. The molecule has 1 saturated heterocycles. The second-order valence-corrected chi connectivity index (χ2v) is 4.94. The number of hydrogen-bond acceptors (Lipinski definition) is 7. The smallest absolute Gasteiger partial charge is 0.388 e. The van der Waals surface area contributed by atoms with Crippen LogP contribution in [0.3, 0.4) is 0 Å². The highest BCUT2D eigenvalue weighted by molar-refractivity contribution is 5.81. The summed E-state index contributed by atoms with van der Waals surface area (Å²) in [5.74, 6) is 0.100. The van der Waals surface area contributed by atoms with Crippen LogP contribution in [0.1, 0.15) is 12.6 Å². The van der Waals surface area contributed by atoms with Crippen LogP contribution in [0.5, 0.6) is 0 Å². The van der Waals surface area contributed by atoms with Gasteiger partial charge in [0.15, 0.2) is 23.8 Å². The van der Waals surface area contributed by atoms with Crippen LogP contribution in [-0.4, -0.2) is 54.2 Å². The van der Waals surface area contributed by atoms with E-state index in [0.29, 0.717) is 0 Å². The molecule has 0 spiro atoms. The maximum atomic E-state index is 12.5. The second kappa shape index (κ2) is 5.04. The van der Waals surface area contributed by atoms with Gasteiger partial charge >= 0.3 is 6.18 Å². The molecule has 0 radical (unpaired) electrons. The number of aromatic nitrogens is 4. The molecule has 3 heterocycles. The summed E-state index contributed by atoms with van der Waals surface area (Å²) in [6, 6.07) is 0. The fraction of sp³-hybridized carbons (Fsp3) is 0.545. The molecule has 0 bridgehead atoms. The third-order valence-corrected chi connectivity index (χ3v) is 3.47. The molecule has 3 rings (SSSR count). The van der Waals surface area contributed by atoms with E-state index >= 15 is 0 Å². The Morgan fingerprint density at radius 1 is 1.36 bits per heavy atom. The third-order valence-electron chi connectivity index (χ3n) is 3.47. The van der Waals surface area contributed by atoms with Crippen LogP contribution in [-0.2, 0) is 4.74 Å². The normalized spacial score (nSPS) is 27.4. The average Bonchev–Trinajstić information content (AvgIpc) is 3.01. The highest BCUT2D eigenvalue weighted by Crippen LogP contribution is 2.36. The number of anilines is 1. The SMILES string of the molecule is Nc1ncnc2c1ncn2[C@@H]1O[C@H]([C@@H](O)C(F)(F)F)C[C@H]1O. The molecule has 1 fully saturated rings. The third kappa shape index (κ3) is 2.36. The molecule has 11 heteroatoms. The van der Waals surface area contributed by atoms with Crippen molar-refractivity contribution < 1.29 is 28.1 Å². The number of aliphatic hydroxyl groups excluding tert-OH is 2. The maximum absolute atomic E-state index is 12.5. The van der Waals surface area contributed by atoms with Crippen molar-refractivity contribution in [1.82, 2.24) is 19.5 Å². The maximum Gasteiger partial charge on any atom is 0.416 e. The molecule has 4 N–H and O–H groups in total. The number of nitrogens with two attached hydrogens (primary N) is 1. The number of nitrogen functional groups attached to an aromatic ring is 1. The lowest BCUT2D eigenvalue weighted by molar-refractivity contribution is -0.237. The van der Waals surface area contributed by atoms with Crippen molar-refractivity contribution in [2.24, 2.45) is 0 Å². The van der Waals surface area contributed by atoms with Gasteiger partial charge in [-0.1, -0.05) is 0 Å². The first kappa shape index (κ1) is 14.9. The lowest BCUT2D eigenvalue weighted by atomic mass is 10.1. The molecular formula is C11H12F3N5O3. The minimum absolute atomic E-state index is 0.100. The number of nitrogens with zero attached hydrogens (tertiary/aromatic N) is 4. The number of hydrogen-bond donors (Lipinski definition) is 3. The second-order valence-electron chi connectivity index (χ2n) is 4.94. The summed E-state index contributed by atoms with van der Waals surface area (Å²) in [4.78, 5) is 11.6. The molecule has 8 nitrogen and oxygen atoms in total. The van der Waals surface area contributed by atoms with E-state index in [1.54, 1.807) is 0 Å². The van der Waals surface area contributed by atoms with Gasteiger partial charge < -0.3 is 20.7 Å². The van der Waals surface area contributed by atoms with E-state index in [-0.39, 0.29) is 23.4 Å². The van der Waals surface area contributed by atoms with E-state index in [9.17, 15) is 23.4 Å². The zero-order valence-electron chi connectivity index (χ0n) is 11.0. The zero-order valence-corrected chi connectivity index (χ0v) is 11.0. The summed E-state index contributed by atoms with van der Waals surface area (Å²) >= 11 is 0. The Balaban J connectivity index is 1.90. The lowest BCUT2D eigenvalue weighted by Gasteiger charge is -2.21. The number of ether oxygens (including phenoxy) is 1. The monoisotopic (exact) mass is 319 g/mol. The van der Waals surface area contributed by atoms with Crippen LogP contribution in [0.4, 0.5) is 19.0 Å². The molecule has 0 saturated carbocycles. The van der Waals surface area contributed by atoms with Crippen LogP contribution in [0, 0.1) is 0 Å². The standard InChI is InChI=1S/C11H12F3N5O3/c12-11(13,14)7(21)5-1-4(20)10(22-5)19-3-18-6-8(15)16-2-17-9(6)19/h2-5,7,10,20-21H,1H2,(H2,15,16,17)/t4-,5+,7-,10-/m1/s1. The number of alkyl halides is 3. The summed E-state index contributed by atoms with van der Waals surface area (Å²) < 4.78 is 44.0. The van der Waals surface area contributed by atoms with Crippen molar-refractivity contribution in [1.29, 1.82) is 0 Å². The summed E-state index contributed by atoms with van der Waals surface area (Å²) in [6.07, 6.45) is -9.45. The van der Waals surface area contributed by atoms with Gasteiger partial charge in [0.25, 0.3) is 0 Å². The molecule has 2 aromatic heterocycles. The fourth-order valence-corrected chi connectivity index (χ4v) is 2.40. The van der Waals surface area contributed by atoms with E-state index in [4.69, 9.17) is 10.5 Å². The molecule has 0 aliphatic carbocycles. The van der Waals surface area contributed by atoms with Gasteiger partial charge in [-0.25, -0.2) is 15.0 Å². The summed E-state index contributed by atoms with van der Waals surface area (Å²) in [5, 5.41) is 19.2. The Morgan fingerprint density at radius 2 is 2.09 bits per heavy atom. The number of imidazole rings is 1. The van der Waals surface area contributed by atoms with Gasteiger partial charge in [0, 0.05) is 6.42 Å². The summed E-state index contributed by atoms with van der Waals surface area (Å²) in [5.41, 5.74) is 6.09. The Morgan fingerprint density at radius 3 is 2.77 bits per heavy atom. The Labute approximate surface area is 121 Å². The quantitative estimate of drug-likeness (QED) is 0.711. The van der Waals surface area contributed by atoms with E-state index < -0.39 is 30.7 Å².